The van der Waals surface area contributed by atoms with Gasteiger partial charge in [0.2, 0.25) is 0 Å². The lowest BCUT2D eigenvalue weighted by molar-refractivity contribution is -0.135. The number of hydrogen-bond acceptors (Lipinski definition) is 4. The lowest BCUT2D eigenvalue weighted by Gasteiger charge is -2.07. The maximum absolute atomic E-state index is 11.4. The highest BCUT2D eigenvalue weighted by Gasteiger charge is 2.11. The quantitative estimate of drug-likeness (QED) is 0.370. The van der Waals surface area contributed by atoms with E-state index in [1.807, 2.05) is 0 Å². The monoisotopic (exact) mass is 319 g/mol. The molecule has 1 aromatic carbocycles. The first-order valence-electron chi connectivity index (χ1n) is 5.18. The van der Waals surface area contributed by atoms with Crippen LogP contribution in [0.2, 0.25) is 0 Å². The predicted octanol–water partition coefficient (Wildman–Crippen LogP) is 2.54. The summed E-state index contributed by atoms with van der Waals surface area (Å²) in [6.45, 7) is 0.0998. The number of carbonyl (C=O) groups excluding carboxylic acids is 1. The van der Waals surface area contributed by atoms with Gasteiger partial charge < -0.3 is 9.47 Å². The summed E-state index contributed by atoms with van der Waals surface area (Å²) in [5.74, 6) is 2.13. The third-order valence-electron chi connectivity index (χ3n) is 2.11. The molecular weight excluding hydrogens is 310 g/mol. The fraction of sp³-hybridized carbons (Fsp3) is 0.143. The topological polar surface area (TPSA) is 59.3 Å². The number of carbonyl (C=O) groups is 1. The van der Waals surface area contributed by atoms with E-state index >= 15 is 0 Å². The van der Waals surface area contributed by atoms with Crippen LogP contribution in [0.5, 0.6) is 5.75 Å². The van der Waals surface area contributed by atoms with Crippen molar-refractivity contribution in [2.45, 2.75) is 0 Å². The Morgan fingerprint density at radius 2 is 2.32 bits per heavy atom. The molecule has 4 nitrogen and oxygen atoms in total. The van der Waals surface area contributed by atoms with E-state index in [-0.39, 0.29) is 12.2 Å². The van der Waals surface area contributed by atoms with Gasteiger partial charge in [0, 0.05) is 10.0 Å². The summed E-state index contributed by atoms with van der Waals surface area (Å²) in [4.78, 5) is 11.4. The van der Waals surface area contributed by atoms with E-state index in [4.69, 9.17) is 16.4 Å². The Labute approximate surface area is 119 Å². The predicted molar refractivity (Wildman–Crippen MR) is 74.1 cm³/mol. The normalized spacial score (nSPS) is 10.2. The van der Waals surface area contributed by atoms with Crippen molar-refractivity contribution < 1.29 is 14.3 Å². The highest BCUT2D eigenvalue weighted by Crippen LogP contribution is 2.25. The third-order valence-corrected chi connectivity index (χ3v) is 2.60. The van der Waals surface area contributed by atoms with Crippen LogP contribution >= 0.6 is 15.9 Å². The van der Waals surface area contributed by atoms with E-state index in [2.05, 4.69) is 26.6 Å². The second-order valence-electron chi connectivity index (χ2n) is 3.34. The Balaban J connectivity index is 3.21. The molecule has 0 heterocycles. The van der Waals surface area contributed by atoms with E-state index in [0.717, 1.165) is 4.47 Å². The number of rotatable bonds is 4. The molecule has 0 fully saturated rings. The molecule has 0 aliphatic heterocycles. The molecular formula is C14H10BrNO3. The zero-order valence-electron chi connectivity index (χ0n) is 10.1. The lowest BCUT2D eigenvalue weighted by Crippen LogP contribution is -2.03. The van der Waals surface area contributed by atoms with Crippen molar-refractivity contribution in [1.29, 1.82) is 5.26 Å². The Morgan fingerprint density at radius 3 is 2.89 bits per heavy atom. The summed E-state index contributed by atoms with van der Waals surface area (Å²) < 4.78 is 10.6. The number of ether oxygens (including phenoxy) is 2. The molecule has 0 bridgehead atoms. The standard InChI is InChI=1S/C14H10BrNO3/c1-3-6-19-13-5-4-12(15)8-10(13)7-11(9-16)14(17)18-2/h1,4-5,7-8H,6H2,2H3/b11-7+. The highest BCUT2D eigenvalue weighted by atomic mass is 79.9. The first-order chi connectivity index (χ1) is 9.12. The van der Waals surface area contributed by atoms with Gasteiger partial charge in [0.05, 0.1) is 7.11 Å². The highest BCUT2D eigenvalue weighted by molar-refractivity contribution is 9.10. The molecule has 0 amide bonds. The van der Waals surface area contributed by atoms with Crippen LogP contribution in [-0.2, 0) is 9.53 Å². The van der Waals surface area contributed by atoms with Gasteiger partial charge in [-0.2, -0.15) is 5.26 Å². The fourth-order valence-corrected chi connectivity index (χ4v) is 1.66. The van der Waals surface area contributed by atoms with Crippen molar-refractivity contribution in [3.63, 3.8) is 0 Å². The minimum atomic E-state index is -0.703. The molecule has 0 radical (unpaired) electrons. The van der Waals surface area contributed by atoms with Gasteiger partial charge in [-0.15, -0.1) is 6.42 Å². The average molecular weight is 320 g/mol. The minimum Gasteiger partial charge on any atom is -0.480 e. The van der Waals surface area contributed by atoms with Crippen LogP contribution in [0.1, 0.15) is 5.56 Å². The zero-order valence-corrected chi connectivity index (χ0v) is 11.7. The Morgan fingerprint density at radius 1 is 1.58 bits per heavy atom. The molecule has 0 N–H and O–H groups in total. The van der Waals surface area contributed by atoms with Crippen molar-refractivity contribution in [3.05, 3.63) is 33.8 Å². The van der Waals surface area contributed by atoms with Gasteiger partial charge >= 0.3 is 5.97 Å². The summed E-state index contributed by atoms with van der Waals surface area (Å²) in [6.07, 6.45) is 6.52. The van der Waals surface area contributed by atoms with E-state index in [9.17, 15) is 4.79 Å². The first kappa shape index (κ1) is 14.8. The number of nitrogens with zero attached hydrogens (tertiary/aromatic N) is 1. The van der Waals surface area contributed by atoms with Crippen LogP contribution in [-0.4, -0.2) is 19.7 Å². The molecule has 0 unspecified atom stereocenters. The summed E-state index contributed by atoms with van der Waals surface area (Å²) in [5.41, 5.74) is 0.442. The van der Waals surface area contributed by atoms with E-state index in [0.29, 0.717) is 11.3 Å². The number of terminal acetylenes is 1. The molecule has 0 saturated carbocycles. The van der Waals surface area contributed by atoms with Crippen LogP contribution in [0.25, 0.3) is 6.08 Å². The van der Waals surface area contributed by atoms with Gasteiger partial charge in [0.1, 0.15) is 24.0 Å². The van der Waals surface area contributed by atoms with Gasteiger partial charge in [-0.05, 0) is 24.3 Å². The Bertz CT molecular complexity index is 594. The zero-order chi connectivity index (χ0) is 14.3. The molecule has 0 aromatic heterocycles. The molecule has 0 saturated heterocycles. The first-order valence-corrected chi connectivity index (χ1v) is 5.97. The second kappa shape index (κ2) is 7.25. The van der Waals surface area contributed by atoms with Gasteiger partial charge in [0.25, 0.3) is 0 Å². The van der Waals surface area contributed by atoms with Gasteiger partial charge in [-0.25, -0.2) is 4.79 Å². The molecule has 1 rings (SSSR count). The van der Waals surface area contributed by atoms with E-state index < -0.39 is 5.97 Å². The maximum atomic E-state index is 11.4. The number of esters is 1. The van der Waals surface area contributed by atoms with Crippen LogP contribution in [0.4, 0.5) is 0 Å². The van der Waals surface area contributed by atoms with Gasteiger partial charge in [-0.1, -0.05) is 21.9 Å². The number of hydrogen-bond donors (Lipinski definition) is 0. The SMILES string of the molecule is C#CCOc1ccc(Br)cc1/C=C(\C#N)C(=O)OC. The van der Waals surface area contributed by atoms with Crippen molar-refractivity contribution in [3.8, 4) is 24.2 Å². The molecule has 19 heavy (non-hydrogen) atoms. The molecule has 5 heteroatoms. The Hall–Kier alpha value is -2.24. The molecule has 96 valence electrons. The maximum Gasteiger partial charge on any atom is 0.348 e. The van der Waals surface area contributed by atoms with Crippen molar-refractivity contribution in [2.75, 3.05) is 13.7 Å². The summed E-state index contributed by atoms with van der Waals surface area (Å²) in [6, 6.07) is 6.96. The number of methoxy groups -OCH3 is 1. The smallest absolute Gasteiger partial charge is 0.348 e. The van der Waals surface area contributed by atoms with Crippen LogP contribution in [0.15, 0.2) is 28.2 Å². The van der Waals surface area contributed by atoms with Crippen molar-refractivity contribution >= 4 is 28.0 Å². The molecule has 0 aliphatic rings. The van der Waals surface area contributed by atoms with E-state index in [1.165, 1.54) is 13.2 Å². The van der Waals surface area contributed by atoms with Gasteiger partial charge in [0.15, 0.2) is 0 Å². The number of benzene rings is 1. The average Bonchev–Trinajstić information content (AvgIpc) is 2.43. The minimum absolute atomic E-state index is 0.0998. The molecule has 0 spiro atoms. The van der Waals surface area contributed by atoms with E-state index in [1.54, 1.807) is 24.3 Å². The third kappa shape index (κ3) is 4.17. The number of nitriles is 1. The lowest BCUT2D eigenvalue weighted by atomic mass is 10.1. The van der Waals surface area contributed by atoms with Crippen molar-refractivity contribution in [2.24, 2.45) is 0 Å². The fourth-order valence-electron chi connectivity index (χ4n) is 1.29. The molecule has 0 atom stereocenters. The largest absolute Gasteiger partial charge is 0.480 e. The molecule has 0 aliphatic carbocycles. The van der Waals surface area contributed by atoms with Gasteiger partial charge in [-0.3, -0.25) is 0 Å². The number of halogens is 1. The molecule has 1 aromatic rings. The summed E-state index contributed by atoms with van der Waals surface area (Å²) in [5, 5.41) is 8.92. The van der Waals surface area contributed by atoms with Crippen LogP contribution in [0.3, 0.4) is 0 Å². The van der Waals surface area contributed by atoms with Crippen LogP contribution in [0, 0.1) is 23.7 Å². The summed E-state index contributed by atoms with van der Waals surface area (Å²) in [7, 11) is 1.21. The Kier molecular flexibility index (Phi) is 5.66. The van der Waals surface area contributed by atoms with Crippen LogP contribution < -0.4 is 4.74 Å². The van der Waals surface area contributed by atoms with Crippen molar-refractivity contribution in [1.82, 2.24) is 0 Å². The second-order valence-corrected chi connectivity index (χ2v) is 4.25. The summed E-state index contributed by atoms with van der Waals surface area (Å²) >= 11 is 3.31.